The van der Waals surface area contributed by atoms with E-state index < -0.39 is 0 Å². The number of aromatic nitrogens is 2. The molecular weight excluding hydrogens is 206 g/mol. The van der Waals surface area contributed by atoms with Gasteiger partial charge in [-0.25, -0.2) is 4.98 Å². The predicted octanol–water partition coefficient (Wildman–Crippen LogP) is 1.68. The lowest BCUT2D eigenvalue weighted by Gasteiger charge is -1.92. The maximum absolute atomic E-state index is 5.69. The molecule has 0 fully saturated rings. The molecule has 0 aliphatic carbocycles. The minimum absolute atomic E-state index is 0.639. The number of hydrogen-bond donors (Lipinski definition) is 1. The molecule has 56 valence electrons. The lowest BCUT2D eigenvalue weighted by atomic mass is 10.5. The number of pyridine rings is 1. The van der Waals surface area contributed by atoms with Gasteiger partial charge >= 0.3 is 0 Å². The summed E-state index contributed by atoms with van der Waals surface area (Å²) in [7, 11) is 0. The Balaban J connectivity index is 2.92. The number of rotatable bonds is 0. The van der Waals surface area contributed by atoms with Crippen LogP contribution in [0, 0.1) is 0 Å². The normalized spacial score (nSPS) is 10.6. The number of nitrogen functional groups attached to an aromatic ring is 1. The zero-order valence-electron chi connectivity index (χ0n) is 5.66. The average Bonchev–Trinajstić information content (AvgIpc) is 2.30. The highest BCUT2D eigenvalue weighted by Crippen LogP contribution is 2.19. The standard InChI is InChI=1S/C7H6BrN3/c8-6-7(9)11-4-2-1-3-5(11)10-6/h1-4H,9H2. The van der Waals surface area contributed by atoms with E-state index in [-0.39, 0.29) is 0 Å². The molecule has 0 radical (unpaired) electrons. The highest BCUT2D eigenvalue weighted by atomic mass is 79.9. The zero-order chi connectivity index (χ0) is 7.84. The van der Waals surface area contributed by atoms with E-state index in [1.54, 1.807) is 0 Å². The van der Waals surface area contributed by atoms with Gasteiger partial charge in [-0.2, -0.15) is 0 Å². The van der Waals surface area contributed by atoms with Crippen molar-refractivity contribution in [1.82, 2.24) is 9.38 Å². The van der Waals surface area contributed by atoms with Crippen molar-refractivity contribution in [3.05, 3.63) is 29.0 Å². The van der Waals surface area contributed by atoms with Crippen molar-refractivity contribution in [3.63, 3.8) is 0 Å². The first-order valence-corrected chi connectivity index (χ1v) is 3.96. The van der Waals surface area contributed by atoms with Crippen LogP contribution in [-0.4, -0.2) is 9.38 Å². The van der Waals surface area contributed by atoms with Crippen LogP contribution in [0.4, 0.5) is 5.82 Å². The predicted molar refractivity (Wildman–Crippen MR) is 47.3 cm³/mol. The van der Waals surface area contributed by atoms with E-state index in [2.05, 4.69) is 20.9 Å². The van der Waals surface area contributed by atoms with Gasteiger partial charge in [0.1, 0.15) is 16.1 Å². The quantitative estimate of drug-likeness (QED) is 0.721. The van der Waals surface area contributed by atoms with Gasteiger partial charge in [-0.3, -0.25) is 4.40 Å². The van der Waals surface area contributed by atoms with E-state index in [0.717, 1.165) is 5.65 Å². The third-order valence-corrected chi connectivity index (χ3v) is 2.11. The van der Waals surface area contributed by atoms with Gasteiger partial charge in [-0.1, -0.05) is 6.07 Å². The highest BCUT2D eigenvalue weighted by Gasteiger charge is 2.03. The molecule has 0 saturated heterocycles. The number of nitrogens with zero attached hydrogens (tertiary/aromatic N) is 2. The number of hydrogen-bond acceptors (Lipinski definition) is 2. The Labute approximate surface area is 72.0 Å². The van der Waals surface area contributed by atoms with Crippen molar-refractivity contribution in [2.24, 2.45) is 0 Å². The van der Waals surface area contributed by atoms with Gasteiger partial charge < -0.3 is 5.73 Å². The third-order valence-electron chi connectivity index (χ3n) is 1.52. The maximum Gasteiger partial charge on any atom is 0.149 e. The molecule has 0 amide bonds. The summed E-state index contributed by atoms with van der Waals surface area (Å²) < 4.78 is 2.52. The van der Waals surface area contributed by atoms with Gasteiger partial charge in [-0.05, 0) is 28.1 Å². The van der Waals surface area contributed by atoms with Crippen molar-refractivity contribution in [2.45, 2.75) is 0 Å². The van der Waals surface area contributed by atoms with Crippen molar-refractivity contribution < 1.29 is 0 Å². The molecule has 0 aliphatic rings. The zero-order valence-corrected chi connectivity index (χ0v) is 7.25. The number of halogens is 1. The molecule has 0 aliphatic heterocycles. The van der Waals surface area contributed by atoms with Gasteiger partial charge in [0.2, 0.25) is 0 Å². The van der Waals surface area contributed by atoms with Crippen molar-refractivity contribution in [2.75, 3.05) is 5.73 Å². The van der Waals surface area contributed by atoms with Crippen LogP contribution in [0.3, 0.4) is 0 Å². The van der Waals surface area contributed by atoms with E-state index >= 15 is 0 Å². The first kappa shape index (κ1) is 6.67. The minimum Gasteiger partial charge on any atom is -0.383 e. The van der Waals surface area contributed by atoms with E-state index in [1.165, 1.54) is 0 Å². The minimum atomic E-state index is 0.639. The van der Waals surface area contributed by atoms with Crippen molar-refractivity contribution >= 4 is 27.4 Å². The molecule has 0 spiro atoms. The van der Waals surface area contributed by atoms with Crippen LogP contribution in [0.15, 0.2) is 29.0 Å². The Kier molecular flexibility index (Phi) is 1.35. The molecule has 3 nitrogen and oxygen atoms in total. The van der Waals surface area contributed by atoms with Crippen LogP contribution in [-0.2, 0) is 0 Å². The first-order valence-electron chi connectivity index (χ1n) is 3.17. The summed E-state index contributed by atoms with van der Waals surface area (Å²) >= 11 is 3.25. The second-order valence-corrected chi connectivity index (χ2v) is 2.97. The molecule has 0 saturated carbocycles. The van der Waals surface area contributed by atoms with Gasteiger partial charge in [0, 0.05) is 6.20 Å². The van der Waals surface area contributed by atoms with Crippen LogP contribution >= 0.6 is 15.9 Å². The van der Waals surface area contributed by atoms with Crippen LogP contribution in [0.5, 0.6) is 0 Å². The van der Waals surface area contributed by atoms with Gasteiger partial charge in [0.15, 0.2) is 0 Å². The molecule has 0 unspecified atom stereocenters. The lowest BCUT2D eigenvalue weighted by Crippen LogP contribution is -1.91. The van der Waals surface area contributed by atoms with Gasteiger partial charge in [0.05, 0.1) is 0 Å². The molecule has 0 bridgehead atoms. The molecule has 2 heterocycles. The van der Waals surface area contributed by atoms with Crippen molar-refractivity contribution in [1.29, 1.82) is 0 Å². The summed E-state index contributed by atoms with van der Waals surface area (Å²) in [5.74, 6) is 0.639. The van der Waals surface area contributed by atoms with E-state index in [0.29, 0.717) is 10.4 Å². The number of anilines is 1. The van der Waals surface area contributed by atoms with Crippen LogP contribution in [0.25, 0.3) is 5.65 Å². The summed E-state index contributed by atoms with van der Waals surface area (Å²) in [6.07, 6.45) is 1.88. The average molecular weight is 212 g/mol. The number of imidazole rings is 1. The SMILES string of the molecule is Nc1c(Br)nc2ccccn12. The fourth-order valence-corrected chi connectivity index (χ4v) is 1.36. The van der Waals surface area contributed by atoms with Crippen molar-refractivity contribution in [3.8, 4) is 0 Å². The van der Waals surface area contributed by atoms with Crippen LogP contribution in [0.2, 0.25) is 0 Å². The lowest BCUT2D eigenvalue weighted by molar-refractivity contribution is 1.20. The monoisotopic (exact) mass is 211 g/mol. The molecule has 2 aromatic heterocycles. The molecule has 0 aromatic carbocycles. The summed E-state index contributed by atoms with van der Waals surface area (Å²) in [6, 6.07) is 5.74. The molecule has 2 rings (SSSR count). The molecular formula is C7H6BrN3. The molecule has 2 aromatic rings. The third kappa shape index (κ3) is 0.903. The Morgan fingerprint density at radius 1 is 1.45 bits per heavy atom. The van der Waals surface area contributed by atoms with E-state index in [9.17, 15) is 0 Å². The summed E-state index contributed by atoms with van der Waals surface area (Å²) in [4.78, 5) is 4.17. The topological polar surface area (TPSA) is 43.3 Å². The molecule has 11 heavy (non-hydrogen) atoms. The van der Waals surface area contributed by atoms with Crippen LogP contribution in [0.1, 0.15) is 0 Å². The Hall–Kier alpha value is -1.03. The fourth-order valence-electron chi connectivity index (χ4n) is 0.986. The number of fused-ring (bicyclic) bond motifs is 1. The second kappa shape index (κ2) is 2.23. The summed E-state index contributed by atoms with van der Waals surface area (Å²) in [5, 5.41) is 0. The summed E-state index contributed by atoms with van der Waals surface area (Å²) in [5.41, 5.74) is 6.55. The Morgan fingerprint density at radius 2 is 2.27 bits per heavy atom. The Bertz CT molecular complexity index is 393. The molecule has 0 atom stereocenters. The number of nitrogens with two attached hydrogens (primary N) is 1. The van der Waals surface area contributed by atoms with Crippen LogP contribution < -0.4 is 5.73 Å². The smallest absolute Gasteiger partial charge is 0.149 e. The van der Waals surface area contributed by atoms with E-state index in [4.69, 9.17) is 5.73 Å². The van der Waals surface area contributed by atoms with E-state index in [1.807, 2.05) is 28.8 Å². The Morgan fingerprint density at radius 3 is 3.00 bits per heavy atom. The highest BCUT2D eigenvalue weighted by molar-refractivity contribution is 9.10. The largest absolute Gasteiger partial charge is 0.383 e. The fraction of sp³-hybridized carbons (Fsp3) is 0. The second-order valence-electron chi connectivity index (χ2n) is 2.22. The maximum atomic E-state index is 5.69. The molecule has 2 N–H and O–H groups in total. The first-order chi connectivity index (χ1) is 5.29. The van der Waals surface area contributed by atoms with Gasteiger partial charge in [-0.15, -0.1) is 0 Å². The summed E-state index contributed by atoms with van der Waals surface area (Å²) in [6.45, 7) is 0. The molecule has 4 heteroatoms. The van der Waals surface area contributed by atoms with Gasteiger partial charge in [0.25, 0.3) is 0 Å².